The quantitative estimate of drug-likeness (QED) is 0.687. The molecule has 0 unspecified atom stereocenters. The van der Waals surface area contributed by atoms with Gasteiger partial charge in [0, 0.05) is 15.5 Å². The maximum absolute atomic E-state index is 5.91. The Kier molecular flexibility index (Phi) is 3.45. The van der Waals surface area contributed by atoms with Gasteiger partial charge in [0.15, 0.2) is 0 Å². The zero-order valence-corrected chi connectivity index (χ0v) is 12.0. The highest BCUT2D eigenvalue weighted by Crippen LogP contribution is 2.36. The first kappa shape index (κ1) is 12.5. The van der Waals surface area contributed by atoms with E-state index < -0.39 is 0 Å². The summed E-state index contributed by atoms with van der Waals surface area (Å²) >= 11 is 7.62. The molecular weight excluding hydrogens is 274 g/mol. The average Bonchev–Trinajstić information content (AvgIpc) is 2.41. The van der Waals surface area contributed by atoms with E-state index in [1.54, 1.807) is 11.8 Å². The normalized spacial score (nSPS) is 16.1. The van der Waals surface area contributed by atoms with Gasteiger partial charge in [0.2, 0.25) is 0 Å². The van der Waals surface area contributed by atoms with Crippen molar-refractivity contribution in [2.45, 2.75) is 11.8 Å². The fourth-order valence-corrected chi connectivity index (χ4v) is 3.02. The van der Waals surface area contributed by atoms with Crippen molar-refractivity contribution >= 4 is 40.2 Å². The van der Waals surface area contributed by atoms with Crippen LogP contribution in [0, 0.1) is 0 Å². The van der Waals surface area contributed by atoms with Crippen LogP contribution in [0.1, 0.15) is 18.1 Å². The zero-order valence-electron chi connectivity index (χ0n) is 10.4. The van der Waals surface area contributed by atoms with E-state index >= 15 is 0 Å². The molecule has 1 aliphatic rings. The zero-order chi connectivity index (χ0) is 13.2. The third-order valence-corrected chi connectivity index (χ3v) is 4.09. The van der Waals surface area contributed by atoms with Crippen LogP contribution in [0.2, 0.25) is 5.02 Å². The van der Waals surface area contributed by atoms with E-state index in [9.17, 15) is 0 Å². The van der Waals surface area contributed by atoms with Crippen LogP contribution < -0.4 is 0 Å². The Labute approximate surface area is 122 Å². The number of aliphatic imine (C=N–C) groups is 1. The molecule has 0 aliphatic carbocycles. The van der Waals surface area contributed by atoms with Crippen molar-refractivity contribution in [2.24, 2.45) is 4.99 Å². The first-order chi connectivity index (χ1) is 9.22. The van der Waals surface area contributed by atoms with Crippen LogP contribution in [0.4, 0.5) is 0 Å². The van der Waals surface area contributed by atoms with E-state index in [1.807, 2.05) is 37.3 Å². The van der Waals surface area contributed by atoms with Crippen LogP contribution in [0.15, 0.2) is 58.4 Å². The molecule has 0 N–H and O–H groups in total. The van der Waals surface area contributed by atoms with Gasteiger partial charge in [0.1, 0.15) is 0 Å². The van der Waals surface area contributed by atoms with Crippen molar-refractivity contribution < 1.29 is 0 Å². The van der Waals surface area contributed by atoms with Gasteiger partial charge in [-0.3, -0.25) is 0 Å². The molecule has 0 radical (unpaired) electrons. The smallest absolute Gasteiger partial charge is 0.0755 e. The second-order valence-corrected chi connectivity index (χ2v) is 5.98. The number of benzene rings is 2. The predicted molar refractivity (Wildman–Crippen MR) is 84.7 cm³/mol. The Hall–Kier alpha value is -1.51. The highest BCUT2D eigenvalue weighted by atomic mass is 35.5. The number of hydrogen-bond acceptors (Lipinski definition) is 2. The van der Waals surface area contributed by atoms with Crippen LogP contribution in [0.25, 0.3) is 11.8 Å². The number of fused-ring (bicyclic) bond motifs is 1. The molecule has 2 aromatic rings. The molecule has 3 rings (SSSR count). The van der Waals surface area contributed by atoms with Gasteiger partial charge in [-0.2, -0.15) is 0 Å². The van der Waals surface area contributed by atoms with Crippen molar-refractivity contribution in [2.75, 3.05) is 0 Å². The summed E-state index contributed by atoms with van der Waals surface area (Å²) in [6, 6.07) is 16.2. The molecule has 0 atom stereocenters. The molecule has 1 nitrogen and oxygen atoms in total. The summed E-state index contributed by atoms with van der Waals surface area (Å²) in [6.07, 6.45) is 2.10. The van der Waals surface area contributed by atoms with Gasteiger partial charge in [-0.05, 0) is 36.8 Å². The van der Waals surface area contributed by atoms with Crippen LogP contribution >= 0.6 is 23.4 Å². The lowest BCUT2D eigenvalue weighted by Crippen LogP contribution is -1.97. The Bertz CT molecular complexity index is 671. The second kappa shape index (κ2) is 5.24. The lowest BCUT2D eigenvalue weighted by atomic mass is 10.1. The highest BCUT2D eigenvalue weighted by molar-refractivity contribution is 8.14. The molecule has 94 valence electrons. The van der Waals surface area contributed by atoms with E-state index in [0.29, 0.717) is 0 Å². The third-order valence-electron chi connectivity index (χ3n) is 2.87. The maximum Gasteiger partial charge on any atom is 0.0755 e. The van der Waals surface area contributed by atoms with Gasteiger partial charge in [-0.25, -0.2) is 4.99 Å². The Balaban J connectivity index is 2.08. The molecule has 0 spiro atoms. The second-order valence-electron chi connectivity index (χ2n) is 4.31. The molecule has 0 saturated carbocycles. The lowest BCUT2D eigenvalue weighted by molar-refractivity contribution is 1.36. The first-order valence-corrected chi connectivity index (χ1v) is 7.21. The molecule has 0 fully saturated rings. The third kappa shape index (κ3) is 2.75. The fraction of sp³-hybridized carbons (Fsp3) is 0.0625. The first-order valence-electron chi connectivity index (χ1n) is 6.02. The van der Waals surface area contributed by atoms with E-state index in [1.165, 1.54) is 10.5 Å². The standard InChI is InChI=1S/C16H12ClNS/c1-11-18-15(10-12-6-8-13(17)9-7-12)14-4-2-3-5-16(14)19-11/h2-10H,1H3/b15-10-. The van der Waals surface area contributed by atoms with Crippen LogP contribution in [-0.4, -0.2) is 5.04 Å². The van der Waals surface area contributed by atoms with Gasteiger partial charge >= 0.3 is 0 Å². The van der Waals surface area contributed by atoms with Crippen molar-refractivity contribution in [3.05, 3.63) is 64.7 Å². The monoisotopic (exact) mass is 285 g/mol. The van der Waals surface area contributed by atoms with E-state index in [0.717, 1.165) is 21.3 Å². The van der Waals surface area contributed by atoms with Gasteiger partial charge in [-0.15, -0.1) is 0 Å². The van der Waals surface area contributed by atoms with Crippen molar-refractivity contribution in [1.82, 2.24) is 0 Å². The minimum Gasteiger partial charge on any atom is -0.246 e. The van der Waals surface area contributed by atoms with E-state index in [4.69, 9.17) is 11.6 Å². The minimum atomic E-state index is 0.751. The number of nitrogens with zero attached hydrogens (tertiary/aromatic N) is 1. The Morgan fingerprint density at radius 2 is 1.79 bits per heavy atom. The summed E-state index contributed by atoms with van der Waals surface area (Å²) in [4.78, 5) is 5.91. The van der Waals surface area contributed by atoms with Crippen molar-refractivity contribution in [3.8, 4) is 0 Å². The maximum atomic E-state index is 5.91. The number of thioether (sulfide) groups is 1. The molecule has 19 heavy (non-hydrogen) atoms. The molecule has 0 amide bonds. The Morgan fingerprint density at radius 3 is 2.58 bits per heavy atom. The number of rotatable bonds is 1. The Morgan fingerprint density at radius 1 is 1.05 bits per heavy atom. The van der Waals surface area contributed by atoms with E-state index in [-0.39, 0.29) is 0 Å². The van der Waals surface area contributed by atoms with Gasteiger partial charge in [-0.1, -0.05) is 53.7 Å². The minimum absolute atomic E-state index is 0.751. The summed E-state index contributed by atoms with van der Waals surface area (Å²) in [5.41, 5.74) is 3.31. The van der Waals surface area contributed by atoms with Crippen LogP contribution in [0.3, 0.4) is 0 Å². The van der Waals surface area contributed by atoms with Crippen LogP contribution in [-0.2, 0) is 0 Å². The summed E-state index contributed by atoms with van der Waals surface area (Å²) in [6.45, 7) is 2.04. The van der Waals surface area contributed by atoms with Gasteiger partial charge in [0.05, 0.1) is 10.7 Å². The molecule has 0 bridgehead atoms. The molecule has 2 aromatic carbocycles. The van der Waals surface area contributed by atoms with Crippen molar-refractivity contribution in [1.29, 1.82) is 0 Å². The number of halogens is 1. The largest absolute Gasteiger partial charge is 0.246 e. The highest BCUT2D eigenvalue weighted by Gasteiger charge is 2.14. The topological polar surface area (TPSA) is 12.4 Å². The summed E-state index contributed by atoms with van der Waals surface area (Å²) in [5, 5.41) is 1.82. The molecule has 1 heterocycles. The van der Waals surface area contributed by atoms with Gasteiger partial charge < -0.3 is 0 Å². The molecular formula is C16H12ClNS. The molecule has 0 saturated heterocycles. The lowest BCUT2D eigenvalue weighted by Gasteiger charge is -2.15. The number of hydrogen-bond donors (Lipinski definition) is 0. The molecule has 1 aliphatic heterocycles. The molecule has 0 aromatic heterocycles. The van der Waals surface area contributed by atoms with Crippen molar-refractivity contribution in [3.63, 3.8) is 0 Å². The average molecular weight is 286 g/mol. The van der Waals surface area contributed by atoms with E-state index in [2.05, 4.69) is 29.3 Å². The summed E-state index contributed by atoms with van der Waals surface area (Å²) in [5.74, 6) is 0. The fourth-order valence-electron chi connectivity index (χ4n) is 2.01. The summed E-state index contributed by atoms with van der Waals surface area (Å²) < 4.78 is 0. The van der Waals surface area contributed by atoms with Gasteiger partial charge in [0.25, 0.3) is 0 Å². The predicted octanol–water partition coefficient (Wildman–Crippen LogP) is 5.36. The summed E-state index contributed by atoms with van der Waals surface area (Å²) in [7, 11) is 0. The molecule has 3 heteroatoms. The SMILES string of the molecule is CC1=N/C(=C\c2ccc(Cl)cc2)c2ccccc2S1. The van der Waals surface area contributed by atoms with Crippen LogP contribution in [0.5, 0.6) is 0 Å².